The van der Waals surface area contributed by atoms with Gasteiger partial charge in [-0.3, -0.25) is 4.90 Å². The second-order valence-corrected chi connectivity index (χ2v) is 15.9. The molecule has 2 aromatic heterocycles. The number of piperidine rings is 1. The number of rotatable bonds is 6. The second-order valence-electron chi connectivity index (χ2n) is 15.9. The van der Waals surface area contributed by atoms with Gasteiger partial charge in [0, 0.05) is 23.4 Å². The molecule has 0 radical (unpaired) electrons. The molecule has 0 bridgehead atoms. The van der Waals surface area contributed by atoms with E-state index in [1.54, 1.807) is 4.90 Å². The van der Waals surface area contributed by atoms with Gasteiger partial charge < -0.3 is 23.7 Å². The number of ether oxygens (including phenoxy) is 2. The summed E-state index contributed by atoms with van der Waals surface area (Å²) in [5.41, 5.74) is 0.124. The number of fused-ring (bicyclic) bond motifs is 3. The second kappa shape index (κ2) is 12.7. The van der Waals surface area contributed by atoms with E-state index in [0.717, 1.165) is 19.4 Å². The number of carbonyl (C=O) groups is 1. The maximum Gasteiger partial charge on any atom is 0.498 e. The lowest BCUT2D eigenvalue weighted by molar-refractivity contribution is 0.00556. The van der Waals surface area contributed by atoms with Gasteiger partial charge in [-0.1, -0.05) is 5.21 Å². The average Bonchev–Trinajstić information content (AvgIpc) is 3.68. The summed E-state index contributed by atoms with van der Waals surface area (Å²) in [6, 6.07) is 3.68. The summed E-state index contributed by atoms with van der Waals surface area (Å²) in [6.07, 6.45) is 2.49. The van der Waals surface area contributed by atoms with Crippen LogP contribution < -0.4 is 10.2 Å². The summed E-state index contributed by atoms with van der Waals surface area (Å²) < 4.78 is 43.6. The van der Waals surface area contributed by atoms with Crippen LogP contribution >= 0.6 is 0 Å². The first-order chi connectivity index (χ1) is 22.9. The highest BCUT2D eigenvalue weighted by Crippen LogP contribution is 2.40. The Morgan fingerprint density at radius 2 is 1.88 bits per heavy atom. The predicted molar refractivity (Wildman–Crippen MR) is 184 cm³/mol. The summed E-state index contributed by atoms with van der Waals surface area (Å²) in [6.45, 7) is 18.4. The van der Waals surface area contributed by atoms with Gasteiger partial charge in [0.05, 0.1) is 35.8 Å². The van der Waals surface area contributed by atoms with Gasteiger partial charge in [-0.15, -0.1) is 5.10 Å². The predicted octanol–water partition coefficient (Wildman–Crippen LogP) is 5.44. The summed E-state index contributed by atoms with van der Waals surface area (Å²) in [4.78, 5) is 21.8. The topological polar surface area (TPSA) is 128 Å². The summed E-state index contributed by atoms with van der Waals surface area (Å²) in [7, 11) is 1.16. The van der Waals surface area contributed by atoms with E-state index in [0.29, 0.717) is 46.8 Å². The molecule has 0 unspecified atom stereocenters. The van der Waals surface area contributed by atoms with Crippen molar-refractivity contribution in [2.24, 2.45) is 0 Å². The van der Waals surface area contributed by atoms with E-state index in [9.17, 15) is 10.1 Å². The zero-order chi connectivity index (χ0) is 35.6. The largest absolute Gasteiger partial charge is 0.498 e. The van der Waals surface area contributed by atoms with Crippen LogP contribution in [0.2, 0.25) is 0 Å². The van der Waals surface area contributed by atoms with Crippen molar-refractivity contribution in [3.05, 3.63) is 17.4 Å². The van der Waals surface area contributed by atoms with Crippen LogP contribution in [0.5, 0.6) is 5.88 Å². The van der Waals surface area contributed by atoms with Crippen molar-refractivity contribution < 1.29 is 28.0 Å². The molecule has 3 saturated heterocycles. The van der Waals surface area contributed by atoms with Gasteiger partial charge >= 0.3 is 13.2 Å². The quantitative estimate of drug-likeness (QED) is 0.311. The van der Waals surface area contributed by atoms with Crippen LogP contribution in [0, 0.1) is 24.1 Å². The SMILES string of the molecule is Cc1cc2c(nc(O[C@@H](C)[C@@H]3CCCN3C)c3nnn([C@H]4CCN(C(=O)OC(C)(C)C)[C@H](CC#N)C4)c32)c(F)c1B1OC(C)(C)C(C)(C)O1. The first-order valence-corrected chi connectivity index (χ1v) is 17.4. The number of likely N-dealkylation sites (N-methyl/N-ethyl adjacent to an activating group) is 1. The minimum atomic E-state index is -0.922. The molecular formula is C35H49BFN7O5. The van der Waals surface area contributed by atoms with E-state index in [2.05, 4.69) is 28.3 Å². The molecule has 6 rings (SSSR count). The van der Waals surface area contributed by atoms with E-state index >= 15 is 4.39 Å². The molecule has 12 nitrogen and oxygen atoms in total. The van der Waals surface area contributed by atoms with Crippen LogP contribution in [0.15, 0.2) is 6.07 Å². The van der Waals surface area contributed by atoms with Crippen LogP contribution in [0.4, 0.5) is 9.18 Å². The van der Waals surface area contributed by atoms with E-state index in [1.165, 1.54) is 0 Å². The molecular weight excluding hydrogens is 628 g/mol. The van der Waals surface area contributed by atoms with Crippen molar-refractivity contribution in [3.8, 4) is 11.9 Å². The molecule has 3 fully saturated rings. The van der Waals surface area contributed by atoms with Crippen LogP contribution in [0.25, 0.3) is 21.9 Å². The van der Waals surface area contributed by atoms with Gasteiger partial charge in [0.25, 0.3) is 0 Å². The lowest BCUT2D eigenvalue weighted by atomic mass is 9.75. The van der Waals surface area contributed by atoms with Crippen molar-refractivity contribution in [2.75, 3.05) is 20.1 Å². The monoisotopic (exact) mass is 677 g/mol. The van der Waals surface area contributed by atoms with Crippen LogP contribution in [-0.4, -0.2) is 98.1 Å². The molecule has 0 spiro atoms. The number of carbonyl (C=O) groups excluding carboxylic acids is 1. The Bertz CT molecular complexity index is 1780. The molecule has 0 saturated carbocycles. The number of benzene rings is 1. The highest BCUT2D eigenvalue weighted by atomic mass is 19.1. The molecule has 5 heterocycles. The minimum Gasteiger partial charge on any atom is -0.471 e. The third-order valence-electron chi connectivity index (χ3n) is 10.7. The number of likely N-dealkylation sites (tertiary alicyclic amines) is 2. The van der Waals surface area contributed by atoms with Gasteiger partial charge in [-0.05, 0) is 113 Å². The highest BCUT2D eigenvalue weighted by molar-refractivity contribution is 6.63. The third kappa shape index (κ3) is 6.45. The minimum absolute atomic E-state index is 0.119. The van der Waals surface area contributed by atoms with Gasteiger partial charge in [0.15, 0.2) is 5.52 Å². The maximum atomic E-state index is 17.0. The summed E-state index contributed by atoms with van der Waals surface area (Å²) in [5, 5.41) is 19.4. The smallest absolute Gasteiger partial charge is 0.471 e. The number of nitriles is 1. The number of hydrogen-bond acceptors (Lipinski definition) is 10. The fraction of sp³-hybridized carbons (Fsp3) is 0.686. The molecule has 4 atom stereocenters. The Kier molecular flexibility index (Phi) is 9.12. The van der Waals surface area contributed by atoms with Crippen LogP contribution in [0.3, 0.4) is 0 Å². The number of aryl methyl sites for hydroxylation is 1. The maximum absolute atomic E-state index is 17.0. The number of halogens is 1. The normalized spacial score (nSPS) is 24.8. The fourth-order valence-corrected chi connectivity index (χ4v) is 7.40. The molecule has 14 heteroatoms. The zero-order valence-electron chi connectivity index (χ0n) is 30.5. The lowest BCUT2D eigenvalue weighted by Crippen LogP contribution is -2.48. The molecule has 3 aliphatic rings. The molecule has 264 valence electrons. The standard InChI is InChI=1S/C35H49BFN7O5/c1-20-18-24-28(27(37)26(20)36-48-34(6,7)35(8,9)49-36)39-31(46-21(2)25-12-11-16-42(25)10)29-30(24)44(41-40-29)23-14-17-43(22(19-23)13-15-38)32(45)47-33(3,4)5/h18,21-23,25H,11-14,16-17,19H2,1-10H3/t21-,22+,23-,25-/m0/s1. The number of pyridine rings is 1. The summed E-state index contributed by atoms with van der Waals surface area (Å²) >= 11 is 0. The summed E-state index contributed by atoms with van der Waals surface area (Å²) in [5.74, 6) is -0.329. The van der Waals surface area contributed by atoms with Crippen molar-refractivity contribution in [1.82, 2.24) is 29.8 Å². The Hall–Kier alpha value is -3.54. The van der Waals surface area contributed by atoms with E-state index < -0.39 is 41.9 Å². The molecule has 49 heavy (non-hydrogen) atoms. The Balaban J connectivity index is 1.46. The number of aromatic nitrogens is 4. The first kappa shape index (κ1) is 35.3. The van der Waals surface area contributed by atoms with Crippen LogP contribution in [-0.2, 0) is 14.0 Å². The van der Waals surface area contributed by atoms with Crippen LogP contribution in [0.1, 0.15) is 99.1 Å². The van der Waals surface area contributed by atoms with Gasteiger partial charge in [0.2, 0.25) is 5.88 Å². The average molecular weight is 678 g/mol. The van der Waals surface area contributed by atoms with Crippen molar-refractivity contribution in [1.29, 1.82) is 5.26 Å². The number of hydrogen-bond donors (Lipinski definition) is 0. The molecule has 1 aromatic carbocycles. The molecule has 1 amide bonds. The van der Waals surface area contributed by atoms with Gasteiger partial charge in [-0.2, -0.15) is 5.26 Å². The van der Waals surface area contributed by atoms with E-state index in [4.69, 9.17) is 23.8 Å². The van der Waals surface area contributed by atoms with Gasteiger partial charge in [0.1, 0.15) is 28.6 Å². The molecule has 0 N–H and O–H groups in total. The molecule has 3 aromatic rings. The third-order valence-corrected chi connectivity index (χ3v) is 10.7. The molecule has 3 aliphatic heterocycles. The first-order valence-electron chi connectivity index (χ1n) is 17.4. The Labute approximate surface area is 288 Å². The Morgan fingerprint density at radius 1 is 1.18 bits per heavy atom. The van der Waals surface area contributed by atoms with Crippen molar-refractivity contribution in [3.63, 3.8) is 0 Å². The number of amides is 1. The van der Waals surface area contributed by atoms with Gasteiger partial charge in [-0.25, -0.2) is 18.9 Å². The van der Waals surface area contributed by atoms with E-state index in [-0.39, 0.29) is 36.0 Å². The van der Waals surface area contributed by atoms with Crippen molar-refractivity contribution >= 4 is 40.6 Å². The number of nitrogens with zero attached hydrogens (tertiary/aromatic N) is 7. The highest BCUT2D eigenvalue weighted by Gasteiger charge is 2.53. The lowest BCUT2D eigenvalue weighted by Gasteiger charge is -2.39. The Morgan fingerprint density at radius 3 is 2.49 bits per heavy atom. The van der Waals surface area contributed by atoms with E-state index in [1.807, 2.05) is 73.1 Å². The fourth-order valence-electron chi connectivity index (χ4n) is 7.40. The van der Waals surface area contributed by atoms with Crippen molar-refractivity contribution in [2.45, 2.75) is 135 Å². The zero-order valence-corrected chi connectivity index (χ0v) is 30.5. The molecule has 0 aliphatic carbocycles.